The second kappa shape index (κ2) is 11.7. The van der Waals surface area contributed by atoms with Gasteiger partial charge < -0.3 is 15.4 Å². The summed E-state index contributed by atoms with van der Waals surface area (Å²) in [5.74, 6) is 0.695. The molecule has 2 aromatic rings. The Balaban J connectivity index is 0.000000641. The number of carbonyl (C=O) groups excluding carboxylic acids is 1. The summed E-state index contributed by atoms with van der Waals surface area (Å²) in [5.41, 5.74) is -1.01. The molecule has 1 aliphatic heterocycles. The number of nitrogens with one attached hydrogen (secondary N) is 2. The van der Waals surface area contributed by atoms with Crippen LogP contribution < -0.4 is 10.6 Å². The molecule has 0 aliphatic carbocycles. The Labute approximate surface area is 200 Å². The van der Waals surface area contributed by atoms with Gasteiger partial charge in [-0.3, -0.25) is 4.79 Å². The van der Waals surface area contributed by atoms with E-state index in [0.29, 0.717) is 18.7 Å². The third-order valence-corrected chi connectivity index (χ3v) is 5.32. The number of ether oxygens (including phenoxy) is 1. The van der Waals surface area contributed by atoms with Gasteiger partial charge in [-0.25, -0.2) is 4.98 Å². The molecule has 0 saturated heterocycles. The maximum atomic E-state index is 13.1. The molecule has 0 saturated carbocycles. The number of fused-ring (bicyclic) bond motifs is 1. The maximum Gasteiger partial charge on any atom is 0.416 e. The number of aromatic nitrogens is 1. The van der Waals surface area contributed by atoms with E-state index in [9.17, 15) is 31.1 Å². The van der Waals surface area contributed by atoms with Crippen molar-refractivity contribution in [2.75, 3.05) is 5.32 Å². The van der Waals surface area contributed by atoms with E-state index in [1.165, 1.54) is 0 Å². The first kappa shape index (κ1) is 28.4. The number of benzene rings is 1. The topological polar surface area (TPSA) is 63.2 Å². The monoisotopic (exact) mass is 505 g/mol. The standard InChI is InChI=1S/C20H21F6N3.C4H8O2/c1-3-15-9-17(16-5-4-11(2)28-18(16)29-15)27-10-12-6-13(19(21,22)23)8-14(7-12)20(24,25)26;1-4(2)6-3-5/h4-8,15,17,27H,3,9-10H2,1-2H3,(H,28,29);3-4H,1-2H3. The van der Waals surface area contributed by atoms with Crippen molar-refractivity contribution in [2.24, 2.45) is 0 Å². The number of aryl methyl sites for hydroxylation is 1. The summed E-state index contributed by atoms with van der Waals surface area (Å²) in [4.78, 5) is 13.9. The maximum absolute atomic E-state index is 13.1. The number of anilines is 1. The van der Waals surface area contributed by atoms with Gasteiger partial charge in [0.25, 0.3) is 6.47 Å². The van der Waals surface area contributed by atoms with Crippen LogP contribution in [0, 0.1) is 6.92 Å². The Bertz CT molecular complexity index is 960. The minimum atomic E-state index is -4.86. The van der Waals surface area contributed by atoms with E-state index in [1.54, 1.807) is 13.8 Å². The number of hydrogen-bond donors (Lipinski definition) is 2. The molecule has 3 rings (SSSR count). The van der Waals surface area contributed by atoms with Crippen LogP contribution in [0.1, 0.15) is 67.6 Å². The van der Waals surface area contributed by atoms with Crippen LogP contribution in [0.2, 0.25) is 0 Å². The number of halogens is 6. The van der Waals surface area contributed by atoms with Crippen molar-refractivity contribution < 1.29 is 35.9 Å². The third-order valence-electron chi connectivity index (χ3n) is 5.32. The van der Waals surface area contributed by atoms with Crippen molar-refractivity contribution in [3.05, 3.63) is 58.3 Å². The number of hydrogen-bond acceptors (Lipinski definition) is 5. The van der Waals surface area contributed by atoms with Gasteiger partial charge in [-0.1, -0.05) is 13.0 Å². The van der Waals surface area contributed by atoms with Gasteiger partial charge in [-0.2, -0.15) is 26.3 Å². The Morgan fingerprint density at radius 1 is 1.11 bits per heavy atom. The van der Waals surface area contributed by atoms with Gasteiger partial charge in [0.15, 0.2) is 0 Å². The summed E-state index contributed by atoms with van der Waals surface area (Å²) in [6.45, 7) is 7.77. The fraction of sp³-hybridized carbons (Fsp3) is 0.500. The Morgan fingerprint density at radius 2 is 1.71 bits per heavy atom. The molecule has 194 valence electrons. The van der Waals surface area contributed by atoms with E-state index in [1.807, 2.05) is 26.0 Å². The van der Waals surface area contributed by atoms with E-state index in [0.717, 1.165) is 29.8 Å². The molecular formula is C24H29F6N3O2. The van der Waals surface area contributed by atoms with E-state index in [-0.39, 0.29) is 36.4 Å². The summed E-state index contributed by atoms with van der Waals surface area (Å²) < 4.78 is 82.7. The molecule has 11 heteroatoms. The van der Waals surface area contributed by atoms with Crippen LogP contribution in [-0.2, 0) is 28.4 Å². The highest BCUT2D eigenvalue weighted by Crippen LogP contribution is 2.37. The Hall–Kier alpha value is -2.82. The van der Waals surface area contributed by atoms with Crippen molar-refractivity contribution in [2.45, 2.75) is 77.6 Å². The number of alkyl halides is 6. The van der Waals surface area contributed by atoms with E-state index in [2.05, 4.69) is 20.4 Å². The van der Waals surface area contributed by atoms with Crippen LogP contribution in [0.5, 0.6) is 0 Å². The predicted octanol–water partition coefficient (Wildman–Crippen LogP) is 6.42. The first-order valence-corrected chi connectivity index (χ1v) is 11.1. The summed E-state index contributed by atoms with van der Waals surface area (Å²) >= 11 is 0. The molecule has 0 spiro atoms. The van der Waals surface area contributed by atoms with Crippen molar-refractivity contribution in [1.29, 1.82) is 0 Å². The van der Waals surface area contributed by atoms with Gasteiger partial charge in [0.1, 0.15) is 5.82 Å². The summed E-state index contributed by atoms with van der Waals surface area (Å²) in [5, 5.41) is 6.45. The largest absolute Gasteiger partial charge is 0.465 e. The molecular weight excluding hydrogens is 476 g/mol. The van der Waals surface area contributed by atoms with Crippen LogP contribution in [0.4, 0.5) is 32.2 Å². The fourth-order valence-corrected chi connectivity index (χ4v) is 3.56. The second-order valence-electron chi connectivity index (χ2n) is 8.50. The van der Waals surface area contributed by atoms with Crippen LogP contribution in [-0.4, -0.2) is 23.6 Å². The molecule has 2 N–H and O–H groups in total. The Kier molecular flexibility index (Phi) is 9.53. The lowest BCUT2D eigenvalue weighted by Crippen LogP contribution is -2.34. The molecule has 35 heavy (non-hydrogen) atoms. The predicted molar refractivity (Wildman–Crippen MR) is 120 cm³/mol. The summed E-state index contributed by atoms with van der Waals surface area (Å²) in [6, 6.07) is 5.25. The molecule has 1 aliphatic rings. The highest BCUT2D eigenvalue weighted by molar-refractivity contribution is 5.50. The first-order valence-electron chi connectivity index (χ1n) is 11.1. The van der Waals surface area contributed by atoms with Gasteiger partial charge in [0, 0.05) is 29.9 Å². The number of rotatable bonds is 6. The molecule has 2 heterocycles. The van der Waals surface area contributed by atoms with Crippen LogP contribution >= 0.6 is 0 Å². The fourth-order valence-electron chi connectivity index (χ4n) is 3.56. The minimum Gasteiger partial charge on any atom is -0.465 e. The molecule has 5 nitrogen and oxygen atoms in total. The summed E-state index contributed by atoms with van der Waals surface area (Å²) in [7, 11) is 0. The molecule has 0 amide bonds. The zero-order valence-electron chi connectivity index (χ0n) is 19.8. The highest BCUT2D eigenvalue weighted by Gasteiger charge is 2.37. The average Bonchev–Trinajstić information content (AvgIpc) is 2.75. The molecule has 2 atom stereocenters. The molecule has 1 aromatic carbocycles. The molecule has 0 radical (unpaired) electrons. The van der Waals surface area contributed by atoms with Crippen molar-refractivity contribution in [1.82, 2.24) is 10.3 Å². The van der Waals surface area contributed by atoms with Crippen molar-refractivity contribution in [3.63, 3.8) is 0 Å². The number of nitrogens with zero attached hydrogens (tertiary/aromatic N) is 1. The van der Waals surface area contributed by atoms with E-state index in [4.69, 9.17) is 0 Å². The average molecular weight is 506 g/mol. The highest BCUT2D eigenvalue weighted by atomic mass is 19.4. The lowest BCUT2D eigenvalue weighted by molar-refractivity contribution is -0.143. The Morgan fingerprint density at radius 3 is 2.17 bits per heavy atom. The van der Waals surface area contributed by atoms with Gasteiger partial charge in [-0.15, -0.1) is 0 Å². The van der Waals surface area contributed by atoms with Gasteiger partial charge >= 0.3 is 12.4 Å². The smallest absolute Gasteiger partial charge is 0.416 e. The van der Waals surface area contributed by atoms with Gasteiger partial charge in [0.2, 0.25) is 0 Å². The van der Waals surface area contributed by atoms with Crippen molar-refractivity contribution >= 4 is 12.3 Å². The van der Waals surface area contributed by atoms with Crippen LogP contribution in [0.25, 0.3) is 0 Å². The lowest BCUT2D eigenvalue weighted by atomic mass is 9.93. The van der Waals surface area contributed by atoms with Crippen LogP contribution in [0.3, 0.4) is 0 Å². The normalized spacial score (nSPS) is 17.7. The zero-order chi connectivity index (χ0) is 26.4. The molecule has 2 unspecified atom stereocenters. The lowest BCUT2D eigenvalue weighted by Gasteiger charge is -2.33. The minimum absolute atomic E-state index is 0.0301. The van der Waals surface area contributed by atoms with E-state index < -0.39 is 23.5 Å². The molecule has 1 aromatic heterocycles. The molecule has 0 bridgehead atoms. The van der Waals surface area contributed by atoms with Crippen molar-refractivity contribution in [3.8, 4) is 0 Å². The number of pyridine rings is 1. The second-order valence-corrected chi connectivity index (χ2v) is 8.50. The molecule has 0 fully saturated rings. The summed E-state index contributed by atoms with van der Waals surface area (Å²) in [6.07, 6.45) is -8.21. The third kappa shape index (κ3) is 8.41. The van der Waals surface area contributed by atoms with Crippen LogP contribution in [0.15, 0.2) is 30.3 Å². The SMILES string of the molecule is CC(C)OC=O.CCC1CC(NCc2cc(C(F)(F)F)cc(C(F)(F)F)c2)c2ccc(C)nc2N1. The zero-order valence-corrected chi connectivity index (χ0v) is 19.8. The quantitative estimate of drug-likeness (QED) is 0.350. The first-order chi connectivity index (χ1) is 16.2. The van der Waals surface area contributed by atoms with E-state index >= 15 is 0 Å². The number of carbonyl (C=O) groups is 1. The van der Waals surface area contributed by atoms with Gasteiger partial charge in [0.05, 0.1) is 17.2 Å². The van der Waals surface area contributed by atoms with Gasteiger partial charge in [-0.05, 0) is 63.4 Å².